The summed E-state index contributed by atoms with van der Waals surface area (Å²) in [4.78, 5) is 0. The van der Waals surface area contributed by atoms with E-state index in [0.29, 0.717) is 19.1 Å². The zero-order chi connectivity index (χ0) is 14.1. The van der Waals surface area contributed by atoms with Crippen molar-refractivity contribution in [3.63, 3.8) is 0 Å². The van der Waals surface area contributed by atoms with Gasteiger partial charge in [-0.05, 0) is 36.6 Å². The van der Waals surface area contributed by atoms with Gasteiger partial charge in [-0.1, -0.05) is 32.9 Å². The number of rotatable bonds is 9. The molecule has 0 fully saturated rings. The number of hydrogen-bond acceptors (Lipinski definition) is 3. The van der Waals surface area contributed by atoms with Gasteiger partial charge in [0.1, 0.15) is 12.4 Å². The molecule has 0 aromatic heterocycles. The van der Waals surface area contributed by atoms with E-state index in [1.165, 1.54) is 5.56 Å². The molecule has 0 saturated carbocycles. The second-order valence-corrected chi connectivity index (χ2v) is 5.14. The fourth-order valence-corrected chi connectivity index (χ4v) is 1.88. The minimum absolute atomic E-state index is 0.243. The summed E-state index contributed by atoms with van der Waals surface area (Å²) in [5.41, 5.74) is 1.31. The molecule has 1 rings (SSSR count). The quantitative estimate of drug-likeness (QED) is 0.743. The van der Waals surface area contributed by atoms with Gasteiger partial charge in [-0.25, -0.2) is 0 Å². The van der Waals surface area contributed by atoms with Crippen LogP contribution >= 0.6 is 0 Å². The second-order valence-electron chi connectivity index (χ2n) is 5.14. The SMILES string of the molecule is CCCNC(COC)COc1cccc(C(C)C)c1. The molecule has 0 aliphatic rings. The van der Waals surface area contributed by atoms with Crippen LogP contribution in [0.15, 0.2) is 24.3 Å². The average Bonchev–Trinajstić information content (AvgIpc) is 2.42. The maximum absolute atomic E-state index is 5.87. The summed E-state index contributed by atoms with van der Waals surface area (Å²) in [5.74, 6) is 1.46. The standard InChI is InChI=1S/C16H27NO2/c1-5-9-17-15(11-18-4)12-19-16-8-6-7-14(10-16)13(2)3/h6-8,10,13,15,17H,5,9,11-12H2,1-4H3. The van der Waals surface area contributed by atoms with Crippen molar-refractivity contribution in [1.29, 1.82) is 0 Å². The topological polar surface area (TPSA) is 30.5 Å². The third-order valence-electron chi connectivity index (χ3n) is 3.03. The maximum atomic E-state index is 5.87. The Balaban J connectivity index is 2.50. The van der Waals surface area contributed by atoms with E-state index in [-0.39, 0.29) is 6.04 Å². The van der Waals surface area contributed by atoms with Crippen LogP contribution in [-0.2, 0) is 4.74 Å². The molecule has 0 bridgehead atoms. The van der Waals surface area contributed by atoms with Gasteiger partial charge in [0.2, 0.25) is 0 Å². The molecule has 0 heterocycles. The van der Waals surface area contributed by atoms with Crippen molar-refractivity contribution >= 4 is 0 Å². The zero-order valence-corrected chi connectivity index (χ0v) is 12.6. The van der Waals surface area contributed by atoms with E-state index in [2.05, 4.69) is 44.3 Å². The van der Waals surface area contributed by atoms with Crippen molar-refractivity contribution in [3.8, 4) is 5.75 Å². The molecule has 0 radical (unpaired) electrons. The van der Waals surface area contributed by atoms with Crippen molar-refractivity contribution in [1.82, 2.24) is 5.32 Å². The zero-order valence-electron chi connectivity index (χ0n) is 12.6. The number of ether oxygens (including phenoxy) is 2. The van der Waals surface area contributed by atoms with E-state index in [1.54, 1.807) is 7.11 Å². The summed E-state index contributed by atoms with van der Waals surface area (Å²) in [5, 5.41) is 3.43. The molecule has 1 atom stereocenters. The largest absolute Gasteiger partial charge is 0.492 e. The van der Waals surface area contributed by atoms with Crippen molar-refractivity contribution < 1.29 is 9.47 Å². The normalized spacial score (nSPS) is 12.7. The molecule has 0 saturated heterocycles. The summed E-state index contributed by atoms with van der Waals surface area (Å²) in [6.07, 6.45) is 1.11. The molecule has 3 heteroatoms. The molecule has 1 unspecified atom stereocenters. The molecule has 0 spiro atoms. The maximum Gasteiger partial charge on any atom is 0.119 e. The van der Waals surface area contributed by atoms with Crippen LogP contribution in [0.3, 0.4) is 0 Å². The predicted octanol–water partition coefficient (Wildman–Crippen LogP) is 3.20. The molecule has 1 aromatic carbocycles. The molecular weight excluding hydrogens is 238 g/mol. The Morgan fingerprint density at radius 1 is 1.21 bits per heavy atom. The van der Waals surface area contributed by atoms with E-state index in [4.69, 9.17) is 9.47 Å². The van der Waals surface area contributed by atoms with Crippen molar-refractivity contribution in [2.75, 3.05) is 26.9 Å². The lowest BCUT2D eigenvalue weighted by Crippen LogP contribution is -2.38. The fraction of sp³-hybridized carbons (Fsp3) is 0.625. The highest BCUT2D eigenvalue weighted by Crippen LogP contribution is 2.20. The lowest BCUT2D eigenvalue weighted by Gasteiger charge is -2.18. The Morgan fingerprint density at radius 2 is 2.00 bits per heavy atom. The first-order valence-corrected chi connectivity index (χ1v) is 7.12. The van der Waals surface area contributed by atoms with Gasteiger partial charge in [-0.2, -0.15) is 0 Å². The Labute approximate surface area is 117 Å². The van der Waals surface area contributed by atoms with E-state index in [1.807, 2.05) is 6.07 Å². The van der Waals surface area contributed by atoms with Crippen LogP contribution in [0.4, 0.5) is 0 Å². The Morgan fingerprint density at radius 3 is 2.63 bits per heavy atom. The third kappa shape index (κ3) is 6.08. The molecule has 1 N–H and O–H groups in total. The van der Waals surface area contributed by atoms with Crippen LogP contribution in [-0.4, -0.2) is 32.9 Å². The highest BCUT2D eigenvalue weighted by Gasteiger charge is 2.08. The van der Waals surface area contributed by atoms with Crippen molar-refractivity contribution in [2.45, 2.75) is 39.2 Å². The van der Waals surface area contributed by atoms with E-state index in [0.717, 1.165) is 18.7 Å². The summed E-state index contributed by atoms with van der Waals surface area (Å²) in [6, 6.07) is 8.56. The highest BCUT2D eigenvalue weighted by molar-refractivity contribution is 5.30. The molecule has 0 aliphatic heterocycles. The molecule has 108 valence electrons. The first-order chi connectivity index (χ1) is 9.17. The summed E-state index contributed by atoms with van der Waals surface area (Å²) < 4.78 is 11.1. The van der Waals surface area contributed by atoms with Gasteiger partial charge in [-0.15, -0.1) is 0 Å². The van der Waals surface area contributed by atoms with Gasteiger partial charge >= 0.3 is 0 Å². The van der Waals surface area contributed by atoms with Crippen LogP contribution in [0.5, 0.6) is 5.75 Å². The lowest BCUT2D eigenvalue weighted by atomic mass is 10.0. The predicted molar refractivity (Wildman–Crippen MR) is 80.0 cm³/mol. The van der Waals surface area contributed by atoms with Crippen LogP contribution in [0, 0.1) is 0 Å². The smallest absolute Gasteiger partial charge is 0.119 e. The van der Waals surface area contributed by atoms with E-state index in [9.17, 15) is 0 Å². The van der Waals surface area contributed by atoms with Gasteiger partial charge in [-0.3, -0.25) is 0 Å². The molecular formula is C16H27NO2. The number of benzene rings is 1. The lowest BCUT2D eigenvalue weighted by molar-refractivity contribution is 0.136. The Kier molecular flexibility index (Phi) is 7.53. The molecule has 0 amide bonds. The van der Waals surface area contributed by atoms with Crippen LogP contribution in [0.25, 0.3) is 0 Å². The van der Waals surface area contributed by atoms with Gasteiger partial charge in [0.15, 0.2) is 0 Å². The van der Waals surface area contributed by atoms with Crippen LogP contribution in [0.1, 0.15) is 38.7 Å². The van der Waals surface area contributed by atoms with E-state index >= 15 is 0 Å². The minimum Gasteiger partial charge on any atom is -0.492 e. The first-order valence-electron chi connectivity index (χ1n) is 7.12. The summed E-state index contributed by atoms with van der Waals surface area (Å²) >= 11 is 0. The first kappa shape index (κ1) is 16.0. The van der Waals surface area contributed by atoms with Gasteiger partial charge < -0.3 is 14.8 Å². The fourth-order valence-electron chi connectivity index (χ4n) is 1.88. The monoisotopic (exact) mass is 265 g/mol. The van der Waals surface area contributed by atoms with Crippen molar-refractivity contribution in [3.05, 3.63) is 29.8 Å². The molecule has 3 nitrogen and oxygen atoms in total. The summed E-state index contributed by atoms with van der Waals surface area (Å²) in [6.45, 7) is 8.83. The van der Waals surface area contributed by atoms with Crippen LogP contribution in [0.2, 0.25) is 0 Å². The van der Waals surface area contributed by atoms with Gasteiger partial charge in [0.25, 0.3) is 0 Å². The molecule has 19 heavy (non-hydrogen) atoms. The second kappa shape index (κ2) is 8.94. The Hall–Kier alpha value is -1.06. The number of nitrogens with one attached hydrogen (secondary N) is 1. The minimum atomic E-state index is 0.243. The highest BCUT2D eigenvalue weighted by atomic mass is 16.5. The third-order valence-corrected chi connectivity index (χ3v) is 3.03. The van der Waals surface area contributed by atoms with Gasteiger partial charge in [0, 0.05) is 7.11 Å². The number of hydrogen-bond donors (Lipinski definition) is 1. The van der Waals surface area contributed by atoms with Crippen LogP contribution < -0.4 is 10.1 Å². The molecule has 0 aliphatic carbocycles. The average molecular weight is 265 g/mol. The number of methoxy groups -OCH3 is 1. The van der Waals surface area contributed by atoms with Gasteiger partial charge in [0.05, 0.1) is 12.6 Å². The Bertz CT molecular complexity index is 352. The van der Waals surface area contributed by atoms with Crippen molar-refractivity contribution in [2.24, 2.45) is 0 Å². The molecule has 1 aromatic rings. The summed E-state index contributed by atoms with van der Waals surface area (Å²) in [7, 11) is 1.72. The van der Waals surface area contributed by atoms with E-state index < -0.39 is 0 Å².